The summed E-state index contributed by atoms with van der Waals surface area (Å²) in [4.78, 5) is 12.6. The molecule has 0 bridgehead atoms. The van der Waals surface area contributed by atoms with Crippen LogP contribution in [0.15, 0.2) is 71.6 Å². The Kier molecular flexibility index (Phi) is 8.03. The average molecular weight is 545 g/mol. The van der Waals surface area contributed by atoms with E-state index in [-0.39, 0.29) is 17.5 Å². The van der Waals surface area contributed by atoms with Crippen LogP contribution in [0.25, 0.3) is 0 Å². The number of anilines is 1. The van der Waals surface area contributed by atoms with E-state index in [1.54, 1.807) is 50.2 Å². The predicted molar refractivity (Wildman–Crippen MR) is 125 cm³/mol. The molecule has 0 radical (unpaired) electrons. The minimum Gasteiger partial charge on any atom is -0.325 e. The minimum atomic E-state index is -5.10. The molecule has 1 N–H and O–H groups in total. The van der Waals surface area contributed by atoms with Crippen molar-refractivity contribution in [3.63, 3.8) is 0 Å². The van der Waals surface area contributed by atoms with Crippen molar-refractivity contribution in [3.05, 3.63) is 94.5 Å². The molecule has 3 aromatic carbocycles. The van der Waals surface area contributed by atoms with E-state index in [4.69, 9.17) is 0 Å². The van der Waals surface area contributed by atoms with Gasteiger partial charge in [0, 0.05) is 12.2 Å². The number of rotatable bonds is 7. The number of sulfonamides is 1. The Morgan fingerprint density at radius 3 is 1.89 bits per heavy atom. The molecule has 0 saturated carbocycles. The van der Waals surface area contributed by atoms with Gasteiger partial charge < -0.3 is 5.32 Å². The summed E-state index contributed by atoms with van der Waals surface area (Å²) < 4.78 is 106. The summed E-state index contributed by atoms with van der Waals surface area (Å²) in [6.45, 7) is 2.41. The van der Waals surface area contributed by atoms with E-state index in [1.807, 2.05) is 5.32 Å². The van der Waals surface area contributed by atoms with Crippen LogP contribution >= 0.6 is 0 Å². The quantitative estimate of drug-likeness (QED) is 0.362. The standard InChI is InChI=1S/C25H22F6N2O3S/c1-16-6-8-22(9-7-16)37(35,36)33(14-18-5-3-4-17(2)10-18)15-23(34)32-21-12-19(24(26,27)28)11-20(13-21)25(29,30)31/h3-13H,14-15H2,1-2H3,(H,32,34). The molecule has 0 saturated heterocycles. The fourth-order valence-corrected chi connectivity index (χ4v) is 4.87. The van der Waals surface area contributed by atoms with Gasteiger partial charge in [0.25, 0.3) is 0 Å². The Hall–Kier alpha value is -3.38. The van der Waals surface area contributed by atoms with Crippen molar-refractivity contribution in [1.82, 2.24) is 4.31 Å². The number of hydrogen-bond donors (Lipinski definition) is 1. The van der Waals surface area contributed by atoms with Gasteiger partial charge in [0.15, 0.2) is 0 Å². The van der Waals surface area contributed by atoms with Gasteiger partial charge in [0.1, 0.15) is 0 Å². The number of alkyl halides is 6. The zero-order valence-electron chi connectivity index (χ0n) is 19.6. The van der Waals surface area contributed by atoms with Gasteiger partial charge in [-0.15, -0.1) is 0 Å². The van der Waals surface area contributed by atoms with Crippen LogP contribution in [0.4, 0.5) is 32.0 Å². The van der Waals surface area contributed by atoms with Crippen molar-refractivity contribution >= 4 is 21.6 Å². The van der Waals surface area contributed by atoms with Crippen molar-refractivity contribution < 1.29 is 39.6 Å². The number of carbonyl (C=O) groups is 1. The van der Waals surface area contributed by atoms with Crippen molar-refractivity contribution in [3.8, 4) is 0 Å². The monoisotopic (exact) mass is 544 g/mol. The lowest BCUT2D eigenvalue weighted by Gasteiger charge is -2.22. The highest BCUT2D eigenvalue weighted by molar-refractivity contribution is 7.89. The molecule has 0 aliphatic rings. The second-order valence-electron chi connectivity index (χ2n) is 8.42. The predicted octanol–water partition coefficient (Wildman–Crippen LogP) is 6.17. The maximum atomic E-state index is 13.3. The molecule has 1 amide bonds. The summed E-state index contributed by atoms with van der Waals surface area (Å²) in [5.41, 5.74) is -1.86. The molecule has 0 heterocycles. The smallest absolute Gasteiger partial charge is 0.325 e. The van der Waals surface area contributed by atoms with Gasteiger partial charge in [-0.25, -0.2) is 8.42 Å². The Balaban J connectivity index is 1.95. The van der Waals surface area contributed by atoms with E-state index in [9.17, 15) is 39.6 Å². The molecule has 5 nitrogen and oxygen atoms in total. The summed E-state index contributed by atoms with van der Waals surface area (Å²) in [6, 6.07) is 13.2. The lowest BCUT2D eigenvalue weighted by atomic mass is 10.1. The first kappa shape index (κ1) is 28.2. The topological polar surface area (TPSA) is 66.5 Å². The van der Waals surface area contributed by atoms with E-state index in [0.717, 1.165) is 15.4 Å². The van der Waals surface area contributed by atoms with E-state index < -0.39 is 51.6 Å². The Morgan fingerprint density at radius 2 is 1.38 bits per heavy atom. The molecule has 198 valence electrons. The van der Waals surface area contributed by atoms with Gasteiger partial charge in [0.05, 0.1) is 22.6 Å². The number of benzene rings is 3. The molecule has 3 rings (SSSR count). The minimum absolute atomic E-state index is 0.0679. The lowest BCUT2D eigenvalue weighted by molar-refractivity contribution is -0.143. The van der Waals surface area contributed by atoms with Gasteiger partial charge in [0.2, 0.25) is 15.9 Å². The summed E-state index contributed by atoms with van der Waals surface area (Å²) in [5, 5.41) is 1.98. The van der Waals surface area contributed by atoms with Crippen LogP contribution in [0, 0.1) is 13.8 Å². The molecule has 0 spiro atoms. The van der Waals surface area contributed by atoms with Gasteiger partial charge in [-0.3, -0.25) is 4.79 Å². The molecular formula is C25H22F6N2O3S. The summed E-state index contributed by atoms with van der Waals surface area (Å²) in [6.07, 6.45) is -10.2. The van der Waals surface area contributed by atoms with Gasteiger partial charge >= 0.3 is 12.4 Å². The van der Waals surface area contributed by atoms with Gasteiger partial charge in [-0.1, -0.05) is 47.5 Å². The van der Waals surface area contributed by atoms with Crippen LogP contribution in [-0.4, -0.2) is 25.2 Å². The average Bonchev–Trinajstić information content (AvgIpc) is 2.77. The van der Waals surface area contributed by atoms with Crippen LogP contribution in [0.1, 0.15) is 27.8 Å². The molecule has 12 heteroatoms. The number of halogens is 6. The molecule has 0 aliphatic heterocycles. The highest BCUT2D eigenvalue weighted by atomic mass is 32.2. The maximum absolute atomic E-state index is 13.3. The number of carbonyl (C=O) groups excluding carboxylic acids is 1. The first-order valence-corrected chi connectivity index (χ1v) is 12.2. The van der Waals surface area contributed by atoms with Crippen LogP contribution in [0.2, 0.25) is 0 Å². The molecule has 0 unspecified atom stereocenters. The zero-order chi connectivity index (χ0) is 27.6. The normalized spacial score (nSPS) is 12.6. The third kappa shape index (κ3) is 7.32. The molecule has 0 aromatic heterocycles. The molecule has 3 aromatic rings. The first-order valence-electron chi connectivity index (χ1n) is 10.8. The van der Waals surface area contributed by atoms with E-state index >= 15 is 0 Å². The van der Waals surface area contributed by atoms with Gasteiger partial charge in [-0.2, -0.15) is 30.6 Å². The number of nitrogens with one attached hydrogen (secondary N) is 1. The second kappa shape index (κ2) is 10.5. The van der Waals surface area contributed by atoms with E-state index in [1.165, 1.54) is 12.1 Å². The summed E-state index contributed by atoms with van der Waals surface area (Å²) in [7, 11) is -4.27. The fraction of sp³-hybridized carbons (Fsp3) is 0.240. The van der Waals surface area contributed by atoms with Crippen molar-refractivity contribution in [1.29, 1.82) is 0 Å². The number of aryl methyl sites for hydroxylation is 2. The molecular weight excluding hydrogens is 522 g/mol. The first-order chi connectivity index (χ1) is 17.1. The highest BCUT2D eigenvalue weighted by Gasteiger charge is 2.37. The Labute approximate surface area is 209 Å². The van der Waals surface area contributed by atoms with Gasteiger partial charge in [-0.05, 0) is 49.7 Å². The molecule has 0 aliphatic carbocycles. The molecule has 37 heavy (non-hydrogen) atoms. The Bertz CT molecular complexity index is 1350. The third-order valence-corrected chi connectivity index (χ3v) is 7.10. The number of nitrogens with zero attached hydrogens (tertiary/aromatic N) is 1. The highest BCUT2D eigenvalue weighted by Crippen LogP contribution is 2.37. The van der Waals surface area contributed by atoms with Crippen LogP contribution in [0.3, 0.4) is 0 Å². The molecule has 0 fully saturated rings. The van der Waals surface area contributed by atoms with Crippen molar-refractivity contribution in [2.45, 2.75) is 37.6 Å². The SMILES string of the molecule is Cc1ccc(S(=O)(=O)N(CC(=O)Nc2cc(C(F)(F)F)cc(C(F)(F)F)c2)Cc2cccc(C)c2)cc1. The third-order valence-electron chi connectivity index (χ3n) is 5.29. The summed E-state index contributed by atoms with van der Waals surface area (Å²) in [5.74, 6) is -1.12. The number of amides is 1. The Morgan fingerprint density at radius 1 is 0.811 bits per heavy atom. The second-order valence-corrected chi connectivity index (χ2v) is 10.4. The summed E-state index contributed by atoms with van der Waals surface area (Å²) >= 11 is 0. The van der Waals surface area contributed by atoms with E-state index in [0.29, 0.717) is 17.7 Å². The molecule has 0 atom stereocenters. The zero-order valence-corrected chi connectivity index (χ0v) is 20.4. The maximum Gasteiger partial charge on any atom is 0.416 e. The lowest BCUT2D eigenvalue weighted by Crippen LogP contribution is -2.37. The van der Waals surface area contributed by atoms with Crippen molar-refractivity contribution in [2.75, 3.05) is 11.9 Å². The largest absolute Gasteiger partial charge is 0.416 e. The number of hydrogen-bond acceptors (Lipinski definition) is 3. The van der Waals surface area contributed by atoms with E-state index in [2.05, 4.69) is 0 Å². The van der Waals surface area contributed by atoms with Crippen LogP contribution in [0.5, 0.6) is 0 Å². The fourth-order valence-electron chi connectivity index (χ4n) is 3.49. The van der Waals surface area contributed by atoms with Crippen LogP contribution in [-0.2, 0) is 33.7 Å². The van der Waals surface area contributed by atoms with Crippen LogP contribution < -0.4 is 5.32 Å². The van der Waals surface area contributed by atoms with Crippen molar-refractivity contribution in [2.24, 2.45) is 0 Å².